The van der Waals surface area contributed by atoms with Crippen molar-refractivity contribution in [2.45, 2.75) is 44.9 Å². The molecule has 0 atom stereocenters. The molecule has 1 aliphatic rings. The van der Waals surface area contributed by atoms with Gasteiger partial charge in [-0.05, 0) is 45.3 Å². The fourth-order valence-electron chi connectivity index (χ4n) is 2.77. The average molecular weight is 353 g/mol. The molecule has 7 heteroatoms. The quantitative estimate of drug-likeness (QED) is 0.714. The molecule has 0 aliphatic heterocycles. The zero-order chi connectivity index (χ0) is 16.2. The number of hydrogen-bond donors (Lipinski definition) is 2. The largest absolute Gasteiger partial charge is 0.352 e. The summed E-state index contributed by atoms with van der Waals surface area (Å²) in [5.74, 6) is 0.408. The molecule has 0 radical (unpaired) electrons. The number of pyridine rings is 1. The Bertz CT molecular complexity index is 697. The third kappa shape index (κ3) is 4.05. The minimum Gasteiger partial charge on any atom is -0.352 e. The topological polar surface area (TPSA) is 80.0 Å². The van der Waals surface area contributed by atoms with Crippen molar-refractivity contribution in [3.8, 4) is 0 Å². The van der Waals surface area contributed by atoms with Gasteiger partial charge in [-0.25, -0.2) is 4.98 Å². The fraction of sp³-hybridized carbons (Fsp3) is 0.588. The highest BCUT2D eigenvalue weighted by molar-refractivity contribution is 6.06. The first-order valence-corrected chi connectivity index (χ1v) is 8.46. The Morgan fingerprint density at radius 1 is 1.38 bits per heavy atom. The molecule has 24 heavy (non-hydrogen) atoms. The molecular weight excluding hydrogens is 328 g/mol. The number of halogens is 1. The van der Waals surface area contributed by atoms with Crippen LogP contribution in [0, 0.1) is 0 Å². The highest BCUT2D eigenvalue weighted by atomic mass is 35.5. The molecule has 2 aromatic heterocycles. The second-order valence-electron chi connectivity index (χ2n) is 6.14. The van der Waals surface area contributed by atoms with Crippen LogP contribution in [0.4, 0.5) is 0 Å². The number of carbonyl (C=O) groups excluding carboxylic acids is 1. The Morgan fingerprint density at radius 2 is 2.17 bits per heavy atom. The van der Waals surface area contributed by atoms with E-state index in [4.69, 9.17) is 4.52 Å². The first-order valence-electron chi connectivity index (χ1n) is 8.46. The van der Waals surface area contributed by atoms with Gasteiger partial charge in [0, 0.05) is 18.2 Å². The molecule has 0 saturated heterocycles. The Labute approximate surface area is 148 Å². The highest BCUT2D eigenvalue weighted by Crippen LogP contribution is 2.40. The second kappa shape index (κ2) is 8.44. The first-order chi connectivity index (χ1) is 11.2. The van der Waals surface area contributed by atoms with Crippen molar-refractivity contribution in [1.29, 1.82) is 0 Å². The predicted octanol–water partition coefficient (Wildman–Crippen LogP) is 2.81. The van der Waals surface area contributed by atoms with Crippen LogP contribution < -0.4 is 10.6 Å². The molecule has 2 N–H and O–H groups in total. The standard InChI is InChI=1S/C17H24N4O2.ClH/c1-3-5-13-15-12(16(22)19-9-4-8-18-2)10-14(11-6-7-11)20-17(15)23-21-13;/h10-11,18H,3-9H2,1-2H3,(H,19,22);1H. The van der Waals surface area contributed by atoms with E-state index in [0.29, 0.717) is 23.7 Å². The molecule has 3 rings (SSSR count). The number of fused-ring (bicyclic) bond motifs is 1. The Hall–Kier alpha value is -1.66. The maximum absolute atomic E-state index is 12.6. The molecule has 1 saturated carbocycles. The lowest BCUT2D eigenvalue weighted by atomic mass is 10.0. The second-order valence-corrected chi connectivity index (χ2v) is 6.14. The van der Waals surface area contributed by atoms with Gasteiger partial charge in [-0.15, -0.1) is 12.4 Å². The van der Waals surface area contributed by atoms with Gasteiger partial charge in [0.15, 0.2) is 0 Å². The SMILES string of the molecule is CCCc1noc2nc(C3CC3)cc(C(=O)NCCCNC)c12.Cl. The van der Waals surface area contributed by atoms with E-state index < -0.39 is 0 Å². The van der Waals surface area contributed by atoms with Crippen molar-refractivity contribution in [2.75, 3.05) is 20.1 Å². The van der Waals surface area contributed by atoms with E-state index in [1.54, 1.807) is 0 Å². The molecule has 2 aromatic rings. The van der Waals surface area contributed by atoms with E-state index >= 15 is 0 Å². The van der Waals surface area contributed by atoms with E-state index in [1.807, 2.05) is 13.1 Å². The molecule has 1 fully saturated rings. The molecule has 0 aromatic carbocycles. The summed E-state index contributed by atoms with van der Waals surface area (Å²) in [6.07, 6.45) is 4.92. The maximum atomic E-state index is 12.6. The lowest BCUT2D eigenvalue weighted by Crippen LogP contribution is -2.27. The smallest absolute Gasteiger partial charge is 0.259 e. The molecule has 0 bridgehead atoms. The van der Waals surface area contributed by atoms with E-state index in [-0.39, 0.29) is 18.3 Å². The van der Waals surface area contributed by atoms with Gasteiger partial charge in [0.25, 0.3) is 11.6 Å². The van der Waals surface area contributed by atoms with Crippen LogP contribution in [0.15, 0.2) is 10.6 Å². The molecule has 6 nitrogen and oxygen atoms in total. The number of aromatic nitrogens is 2. The summed E-state index contributed by atoms with van der Waals surface area (Å²) in [7, 11) is 1.91. The molecular formula is C17H25ClN4O2. The summed E-state index contributed by atoms with van der Waals surface area (Å²) in [5.41, 5.74) is 2.94. The predicted molar refractivity (Wildman–Crippen MR) is 95.9 cm³/mol. The Kier molecular flexibility index (Phi) is 6.57. The summed E-state index contributed by atoms with van der Waals surface area (Å²) in [6, 6.07) is 1.93. The number of nitrogens with zero attached hydrogens (tertiary/aromatic N) is 2. The summed E-state index contributed by atoms with van der Waals surface area (Å²) in [5, 5.41) is 11.0. The van der Waals surface area contributed by atoms with Crippen LogP contribution in [0.1, 0.15) is 60.3 Å². The van der Waals surface area contributed by atoms with Crippen LogP contribution in [0.3, 0.4) is 0 Å². The van der Waals surface area contributed by atoms with Crippen molar-refractivity contribution < 1.29 is 9.32 Å². The zero-order valence-electron chi connectivity index (χ0n) is 14.2. The summed E-state index contributed by atoms with van der Waals surface area (Å²) in [6.45, 7) is 3.62. The summed E-state index contributed by atoms with van der Waals surface area (Å²) >= 11 is 0. The number of amides is 1. The van der Waals surface area contributed by atoms with Gasteiger partial charge in [-0.3, -0.25) is 4.79 Å². The normalized spacial score (nSPS) is 13.8. The van der Waals surface area contributed by atoms with Gasteiger partial charge in [0.2, 0.25) is 0 Å². The molecule has 1 aliphatic carbocycles. The number of aryl methyl sites for hydroxylation is 1. The minimum atomic E-state index is -0.0593. The highest BCUT2D eigenvalue weighted by Gasteiger charge is 2.28. The van der Waals surface area contributed by atoms with Crippen LogP contribution in [0.5, 0.6) is 0 Å². The van der Waals surface area contributed by atoms with E-state index in [0.717, 1.165) is 55.4 Å². The number of carbonyl (C=O) groups is 1. The third-order valence-electron chi connectivity index (χ3n) is 4.15. The monoisotopic (exact) mass is 352 g/mol. The van der Waals surface area contributed by atoms with Gasteiger partial charge in [-0.1, -0.05) is 18.5 Å². The van der Waals surface area contributed by atoms with Crippen molar-refractivity contribution in [1.82, 2.24) is 20.8 Å². The molecule has 132 valence electrons. The van der Waals surface area contributed by atoms with Crippen molar-refractivity contribution in [3.63, 3.8) is 0 Å². The van der Waals surface area contributed by atoms with Crippen LogP contribution >= 0.6 is 12.4 Å². The number of rotatable bonds is 8. The molecule has 0 spiro atoms. The van der Waals surface area contributed by atoms with Crippen molar-refractivity contribution in [2.24, 2.45) is 0 Å². The van der Waals surface area contributed by atoms with E-state index in [1.165, 1.54) is 0 Å². The first kappa shape index (κ1) is 18.7. The maximum Gasteiger partial charge on any atom is 0.259 e. The third-order valence-corrected chi connectivity index (χ3v) is 4.15. The molecule has 1 amide bonds. The van der Waals surface area contributed by atoms with Gasteiger partial charge in [0.1, 0.15) is 0 Å². The van der Waals surface area contributed by atoms with Crippen LogP contribution in [0.25, 0.3) is 11.1 Å². The van der Waals surface area contributed by atoms with Crippen LogP contribution in [-0.2, 0) is 6.42 Å². The van der Waals surface area contributed by atoms with E-state index in [9.17, 15) is 4.79 Å². The summed E-state index contributed by atoms with van der Waals surface area (Å²) in [4.78, 5) is 17.2. The zero-order valence-corrected chi connectivity index (χ0v) is 15.0. The minimum absolute atomic E-state index is 0. The lowest BCUT2D eigenvalue weighted by Gasteiger charge is -2.08. The van der Waals surface area contributed by atoms with Gasteiger partial charge in [-0.2, -0.15) is 0 Å². The van der Waals surface area contributed by atoms with Crippen molar-refractivity contribution in [3.05, 3.63) is 23.0 Å². The van der Waals surface area contributed by atoms with Gasteiger partial charge >= 0.3 is 0 Å². The van der Waals surface area contributed by atoms with Gasteiger partial charge < -0.3 is 15.2 Å². The Balaban J connectivity index is 0.00000208. The molecule has 2 heterocycles. The number of nitrogens with one attached hydrogen (secondary N) is 2. The lowest BCUT2D eigenvalue weighted by molar-refractivity contribution is 0.0954. The summed E-state index contributed by atoms with van der Waals surface area (Å²) < 4.78 is 5.40. The average Bonchev–Trinajstić information content (AvgIpc) is 3.33. The fourth-order valence-corrected chi connectivity index (χ4v) is 2.77. The van der Waals surface area contributed by atoms with Crippen LogP contribution in [-0.4, -0.2) is 36.2 Å². The number of hydrogen-bond acceptors (Lipinski definition) is 5. The van der Waals surface area contributed by atoms with Crippen LogP contribution in [0.2, 0.25) is 0 Å². The van der Waals surface area contributed by atoms with E-state index in [2.05, 4.69) is 27.7 Å². The van der Waals surface area contributed by atoms with Gasteiger partial charge in [0.05, 0.1) is 16.6 Å². The molecule has 0 unspecified atom stereocenters. The Morgan fingerprint density at radius 3 is 2.83 bits per heavy atom. The van der Waals surface area contributed by atoms with Crippen molar-refractivity contribution >= 4 is 29.4 Å².